The highest BCUT2D eigenvalue weighted by atomic mass is 16.5. The number of amides is 1. The van der Waals surface area contributed by atoms with Crippen LogP contribution in [-0.2, 0) is 4.79 Å². The molecule has 0 saturated carbocycles. The minimum atomic E-state index is -0.110. The molecule has 2 aromatic carbocycles. The molecule has 162 valence electrons. The predicted molar refractivity (Wildman–Crippen MR) is 125 cm³/mol. The van der Waals surface area contributed by atoms with E-state index in [9.17, 15) is 4.79 Å². The monoisotopic (exact) mass is 418 g/mol. The van der Waals surface area contributed by atoms with Crippen LogP contribution in [0.25, 0.3) is 11.0 Å². The van der Waals surface area contributed by atoms with Crippen LogP contribution in [0.2, 0.25) is 0 Å². The molecule has 1 amide bonds. The van der Waals surface area contributed by atoms with Gasteiger partial charge in [0.25, 0.3) is 5.88 Å². The van der Waals surface area contributed by atoms with Crippen molar-refractivity contribution in [1.82, 2.24) is 9.97 Å². The highest BCUT2D eigenvalue weighted by Crippen LogP contribution is 2.31. The summed E-state index contributed by atoms with van der Waals surface area (Å²) in [5, 5.41) is 3.14. The number of rotatable bonds is 6. The Balaban J connectivity index is 1.57. The van der Waals surface area contributed by atoms with E-state index in [0.29, 0.717) is 19.0 Å². The normalized spacial score (nSPS) is 16.4. The summed E-state index contributed by atoms with van der Waals surface area (Å²) in [6.07, 6.45) is 2.68. The molecule has 3 aromatic rings. The Hall–Kier alpha value is -3.15. The first kappa shape index (κ1) is 21.1. The van der Waals surface area contributed by atoms with Crippen LogP contribution < -0.4 is 15.0 Å². The molecular formula is C25H30N4O2. The molecular weight excluding hydrogens is 388 g/mol. The van der Waals surface area contributed by atoms with Crippen LogP contribution in [0.1, 0.15) is 37.3 Å². The molecule has 1 aliphatic rings. The number of hydrogen-bond acceptors (Lipinski definition) is 5. The second-order valence-corrected chi connectivity index (χ2v) is 8.21. The number of nitrogens with zero attached hydrogens (tertiary/aromatic N) is 3. The molecule has 0 bridgehead atoms. The Morgan fingerprint density at radius 2 is 1.90 bits per heavy atom. The van der Waals surface area contributed by atoms with Crippen molar-refractivity contribution in [3.8, 4) is 5.88 Å². The lowest BCUT2D eigenvalue weighted by Crippen LogP contribution is -2.41. The summed E-state index contributed by atoms with van der Waals surface area (Å²) in [6.45, 7) is 8.20. The summed E-state index contributed by atoms with van der Waals surface area (Å²) in [4.78, 5) is 24.8. The average Bonchev–Trinajstić information content (AvgIpc) is 2.80. The fourth-order valence-corrected chi connectivity index (χ4v) is 3.98. The van der Waals surface area contributed by atoms with Crippen LogP contribution in [0.5, 0.6) is 5.88 Å². The highest BCUT2D eigenvalue weighted by molar-refractivity contribution is 5.94. The second-order valence-electron chi connectivity index (χ2n) is 8.21. The van der Waals surface area contributed by atoms with Gasteiger partial charge in [-0.05, 0) is 62.4 Å². The minimum absolute atomic E-state index is 0.0585. The van der Waals surface area contributed by atoms with Crippen molar-refractivity contribution in [3.63, 3.8) is 0 Å². The van der Waals surface area contributed by atoms with E-state index in [1.807, 2.05) is 43.3 Å². The zero-order valence-electron chi connectivity index (χ0n) is 18.5. The van der Waals surface area contributed by atoms with Gasteiger partial charge in [0.1, 0.15) is 0 Å². The Morgan fingerprint density at radius 1 is 1.13 bits per heavy atom. The maximum absolute atomic E-state index is 13.1. The Bertz CT molecular complexity index is 1080. The minimum Gasteiger partial charge on any atom is -0.475 e. The molecule has 6 heteroatoms. The number of anilines is 2. The first-order valence-corrected chi connectivity index (χ1v) is 11.1. The number of aryl methyl sites for hydroxylation is 1. The molecule has 6 nitrogen and oxygen atoms in total. The van der Waals surface area contributed by atoms with Crippen LogP contribution in [0.15, 0.2) is 42.5 Å². The van der Waals surface area contributed by atoms with Crippen molar-refractivity contribution >= 4 is 28.4 Å². The molecule has 0 radical (unpaired) electrons. The average molecular weight is 419 g/mol. The Morgan fingerprint density at radius 3 is 2.68 bits per heavy atom. The molecule has 4 rings (SSSR count). The van der Waals surface area contributed by atoms with Crippen molar-refractivity contribution in [2.45, 2.75) is 40.0 Å². The van der Waals surface area contributed by atoms with Crippen LogP contribution >= 0.6 is 0 Å². The van der Waals surface area contributed by atoms with E-state index in [-0.39, 0.29) is 11.8 Å². The lowest BCUT2D eigenvalue weighted by Gasteiger charge is -2.33. The van der Waals surface area contributed by atoms with Crippen molar-refractivity contribution in [3.05, 3.63) is 53.6 Å². The van der Waals surface area contributed by atoms with Gasteiger partial charge in [0.05, 0.1) is 23.6 Å². The fourth-order valence-electron chi connectivity index (χ4n) is 3.98. The molecule has 1 aliphatic heterocycles. The van der Waals surface area contributed by atoms with Crippen LogP contribution in [-0.4, -0.2) is 35.6 Å². The number of fused-ring (bicyclic) bond motifs is 1. The number of ether oxygens (including phenoxy) is 1. The van der Waals surface area contributed by atoms with Crippen molar-refractivity contribution in [2.75, 3.05) is 29.9 Å². The molecule has 31 heavy (non-hydrogen) atoms. The first-order chi connectivity index (χ1) is 15.1. The van der Waals surface area contributed by atoms with E-state index in [0.717, 1.165) is 53.9 Å². The standard InChI is InChI=1S/C25H30N4O2/c1-4-15-31-25-23(26-21-11-5-6-12-22(21)28-25)29-14-8-10-19(16-29)24(30)27-20-13-7-9-17(2)18(20)3/h5-7,9,11-13,19H,4,8,10,14-16H2,1-3H3,(H,27,30)/t19-/m0/s1. The van der Waals surface area contributed by atoms with E-state index >= 15 is 0 Å². The molecule has 0 aliphatic carbocycles. The number of aromatic nitrogens is 2. The molecule has 1 fully saturated rings. The Labute approximate surface area is 183 Å². The van der Waals surface area contributed by atoms with Gasteiger partial charge >= 0.3 is 0 Å². The number of para-hydroxylation sites is 2. The summed E-state index contributed by atoms with van der Waals surface area (Å²) in [6, 6.07) is 13.8. The van der Waals surface area contributed by atoms with Crippen molar-refractivity contribution in [2.24, 2.45) is 5.92 Å². The van der Waals surface area contributed by atoms with E-state index < -0.39 is 0 Å². The fraction of sp³-hybridized carbons (Fsp3) is 0.400. The van der Waals surface area contributed by atoms with Crippen molar-refractivity contribution in [1.29, 1.82) is 0 Å². The molecule has 0 unspecified atom stereocenters. The molecule has 1 atom stereocenters. The van der Waals surface area contributed by atoms with Crippen LogP contribution in [0, 0.1) is 19.8 Å². The maximum atomic E-state index is 13.1. The van der Waals surface area contributed by atoms with E-state index in [1.54, 1.807) is 0 Å². The van der Waals surface area contributed by atoms with Gasteiger partial charge in [-0.3, -0.25) is 4.79 Å². The summed E-state index contributed by atoms with van der Waals surface area (Å²) in [5.74, 6) is 1.23. The van der Waals surface area contributed by atoms with Crippen molar-refractivity contribution < 1.29 is 9.53 Å². The summed E-state index contributed by atoms with van der Waals surface area (Å²) in [7, 11) is 0. The zero-order valence-corrected chi connectivity index (χ0v) is 18.5. The van der Waals surface area contributed by atoms with Gasteiger partial charge in [0, 0.05) is 18.8 Å². The number of piperidine rings is 1. The quantitative estimate of drug-likeness (QED) is 0.617. The third-order valence-corrected chi connectivity index (χ3v) is 5.92. The smallest absolute Gasteiger partial charge is 0.258 e. The summed E-state index contributed by atoms with van der Waals surface area (Å²) < 4.78 is 5.95. The van der Waals surface area contributed by atoms with Gasteiger partial charge in [-0.25, -0.2) is 9.97 Å². The summed E-state index contributed by atoms with van der Waals surface area (Å²) >= 11 is 0. The van der Waals surface area contributed by atoms with E-state index in [1.165, 1.54) is 5.56 Å². The lowest BCUT2D eigenvalue weighted by atomic mass is 9.96. The maximum Gasteiger partial charge on any atom is 0.258 e. The SMILES string of the molecule is CCCOc1nc2ccccc2nc1N1CCC[C@H](C(=O)Nc2cccc(C)c2C)C1. The number of benzene rings is 2. The molecule has 1 N–H and O–H groups in total. The number of carbonyl (C=O) groups is 1. The van der Waals surface area contributed by atoms with Gasteiger partial charge in [0.15, 0.2) is 5.82 Å². The molecule has 0 spiro atoms. The third kappa shape index (κ3) is 4.63. The Kier molecular flexibility index (Phi) is 6.35. The van der Waals surface area contributed by atoms with Gasteiger partial charge in [0.2, 0.25) is 5.91 Å². The second kappa shape index (κ2) is 9.33. The van der Waals surface area contributed by atoms with Gasteiger partial charge in [-0.15, -0.1) is 0 Å². The third-order valence-electron chi connectivity index (χ3n) is 5.92. The van der Waals surface area contributed by atoms with Crippen LogP contribution in [0.4, 0.5) is 11.5 Å². The summed E-state index contributed by atoms with van der Waals surface area (Å²) in [5.41, 5.74) is 4.83. The molecule has 2 heterocycles. The predicted octanol–water partition coefficient (Wildman–Crippen LogP) is 4.89. The van der Waals surface area contributed by atoms with Gasteiger partial charge in [-0.1, -0.05) is 31.2 Å². The zero-order chi connectivity index (χ0) is 21.8. The van der Waals surface area contributed by atoms with Gasteiger partial charge < -0.3 is 15.0 Å². The molecule has 1 saturated heterocycles. The van der Waals surface area contributed by atoms with E-state index in [2.05, 4.69) is 30.1 Å². The number of nitrogens with one attached hydrogen (secondary N) is 1. The highest BCUT2D eigenvalue weighted by Gasteiger charge is 2.29. The number of hydrogen-bond donors (Lipinski definition) is 1. The van der Waals surface area contributed by atoms with Crippen LogP contribution in [0.3, 0.4) is 0 Å². The largest absolute Gasteiger partial charge is 0.475 e. The molecule has 1 aromatic heterocycles. The first-order valence-electron chi connectivity index (χ1n) is 11.1. The lowest BCUT2D eigenvalue weighted by molar-refractivity contribution is -0.120. The van der Waals surface area contributed by atoms with E-state index in [4.69, 9.17) is 14.7 Å². The van der Waals surface area contributed by atoms with Gasteiger partial charge in [-0.2, -0.15) is 0 Å². The number of carbonyl (C=O) groups excluding carboxylic acids is 1. The topological polar surface area (TPSA) is 67.4 Å².